The SMILES string of the molecule is CCNC(=O)CN(CC)C(=O)C1CCCCC1CN. The predicted octanol–water partition coefficient (Wildman–Crippen LogP) is 0.736. The molecule has 3 N–H and O–H groups in total. The third-order valence-electron chi connectivity index (χ3n) is 3.93. The summed E-state index contributed by atoms with van der Waals surface area (Å²) < 4.78 is 0. The van der Waals surface area contributed by atoms with Crippen molar-refractivity contribution < 1.29 is 9.59 Å². The normalized spacial score (nSPS) is 22.9. The Hall–Kier alpha value is -1.10. The molecular weight excluding hydrogens is 242 g/mol. The van der Waals surface area contributed by atoms with Crippen LogP contribution < -0.4 is 11.1 Å². The topological polar surface area (TPSA) is 75.4 Å². The highest BCUT2D eigenvalue weighted by Crippen LogP contribution is 2.30. The Labute approximate surface area is 115 Å². The Bertz CT molecular complexity index is 307. The molecule has 1 saturated carbocycles. The van der Waals surface area contributed by atoms with Crippen molar-refractivity contribution in [2.24, 2.45) is 17.6 Å². The van der Waals surface area contributed by atoms with Crippen LogP contribution in [-0.4, -0.2) is 42.9 Å². The first kappa shape index (κ1) is 16.0. The number of hydrogen-bond donors (Lipinski definition) is 2. The molecule has 1 fully saturated rings. The molecule has 0 aromatic heterocycles. The fourth-order valence-electron chi connectivity index (χ4n) is 2.82. The molecule has 19 heavy (non-hydrogen) atoms. The number of carbonyl (C=O) groups excluding carboxylic acids is 2. The van der Waals surface area contributed by atoms with Crippen molar-refractivity contribution in [3.63, 3.8) is 0 Å². The van der Waals surface area contributed by atoms with Gasteiger partial charge >= 0.3 is 0 Å². The van der Waals surface area contributed by atoms with Gasteiger partial charge in [-0.25, -0.2) is 0 Å². The van der Waals surface area contributed by atoms with Crippen LogP contribution in [0.1, 0.15) is 39.5 Å². The van der Waals surface area contributed by atoms with Gasteiger partial charge in [0.25, 0.3) is 0 Å². The van der Waals surface area contributed by atoms with Gasteiger partial charge in [0.05, 0.1) is 6.54 Å². The number of hydrogen-bond acceptors (Lipinski definition) is 3. The van der Waals surface area contributed by atoms with Gasteiger partial charge in [-0.15, -0.1) is 0 Å². The molecule has 5 nitrogen and oxygen atoms in total. The lowest BCUT2D eigenvalue weighted by Crippen LogP contribution is -2.46. The van der Waals surface area contributed by atoms with Crippen LogP contribution in [0.5, 0.6) is 0 Å². The number of rotatable bonds is 6. The van der Waals surface area contributed by atoms with Gasteiger partial charge in [0.1, 0.15) is 0 Å². The second-order valence-electron chi connectivity index (χ2n) is 5.19. The maximum absolute atomic E-state index is 12.5. The minimum absolute atomic E-state index is 0.00752. The average Bonchev–Trinajstić information content (AvgIpc) is 2.44. The van der Waals surface area contributed by atoms with Crippen molar-refractivity contribution in [1.29, 1.82) is 0 Å². The van der Waals surface area contributed by atoms with E-state index in [0.717, 1.165) is 25.7 Å². The molecule has 110 valence electrons. The molecule has 0 aromatic rings. The third-order valence-corrected chi connectivity index (χ3v) is 3.93. The zero-order chi connectivity index (χ0) is 14.3. The van der Waals surface area contributed by atoms with Gasteiger partial charge in [-0.3, -0.25) is 9.59 Å². The molecule has 2 atom stereocenters. The minimum Gasteiger partial charge on any atom is -0.355 e. The lowest BCUT2D eigenvalue weighted by molar-refractivity contribution is -0.141. The van der Waals surface area contributed by atoms with Crippen molar-refractivity contribution in [3.05, 3.63) is 0 Å². The molecule has 0 aliphatic heterocycles. The molecule has 1 aliphatic carbocycles. The third kappa shape index (κ3) is 4.49. The van der Waals surface area contributed by atoms with Crippen LogP contribution >= 0.6 is 0 Å². The predicted molar refractivity (Wildman–Crippen MR) is 75.4 cm³/mol. The Kier molecular flexibility index (Phi) is 6.84. The first-order valence-corrected chi connectivity index (χ1v) is 7.39. The van der Waals surface area contributed by atoms with Gasteiger partial charge in [-0.2, -0.15) is 0 Å². The second-order valence-corrected chi connectivity index (χ2v) is 5.19. The number of likely N-dealkylation sites (N-methyl/N-ethyl adjacent to an activating group) is 2. The lowest BCUT2D eigenvalue weighted by Gasteiger charge is -2.33. The summed E-state index contributed by atoms with van der Waals surface area (Å²) >= 11 is 0. The van der Waals surface area contributed by atoms with E-state index in [2.05, 4.69) is 5.32 Å². The smallest absolute Gasteiger partial charge is 0.239 e. The van der Waals surface area contributed by atoms with Gasteiger partial charge in [0.2, 0.25) is 11.8 Å². The van der Waals surface area contributed by atoms with E-state index >= 15 is 0 Å². The monoisotopic (exact) mass is 269 g/mol. The molecule has 0 radical (unpaired) electrons. The zero-order valence-electron chi connectivity index (χ0n) is 12.2. The molecule has 2 amide bonds. The molecule has 2 unspecified atom stereocenters. The summed E-state index contributed by atoms with van der Waals surface area (Å²) in [5.41, 5.74) is 5.77. The number of carbonyl (C=O) groups is 2. The van der Waals surface area contributed by atoms with E-state index < -0.39 is 0 Å². The van der Waals surface area contributed by atoms with Crippen molar-refractivity contribution in [3.8, 4) is 0 Å². The van der Waals surface area contributed by atoms with Crippen LogP contribution in [0.3, 0.4) is 0 Å². The minimum atomic E-state index is -0.0854. The van der Waals surface area contributed by atoms with Crippen molar-refractivity contribution in [2.75, 3.05) is 26.2 Å². The van der Waals surface area contributed by atoms with Gasteiger partial charge in [-0.1, -0.05) is 12.8 Å². The van der Waals surface area contributed by atoms with Gasteiger partial charge in [0, 0.05) is 19.0 Å². The molecule has 0 saturated heterocycles. The average molecular weight is 269 g/mol. The van der Waals surface area contributed by atoms with Crippen LogP contribution in [0.25, 0.3) is 0 Å². The fourth-order valence-corrected chi connectivity index (χ4v) is 2.82. The first-order valence-electron chi connectivity index (χ1n) is 7.39. The highest BCUT2D eigenvalue weighted by Gasteiger charge is 2.32. The summed E-state index contributed by atoms with van der Waals surface area (Å²) in [5.74, 6) is 0.305. The van der Waals surface area contributed by atoms with Crippen molar-refractivity contribution in [1.82, 2.24) is 10.2 Å². The summed E-state index contributed by atoms with van der Waals surface area (Å²) in [4.78, 5) is 25.8. The summed E-state index contributed by atoms with van der Waals surface area (Å²) in [6, 6.07) is 0. The quantitative estimate of drug-likeness (QED) is 0.746. The standard InChI is InChI=1S/C14H27N3O2/c1-3-16-13(18)10-17(4-2)14(19)12-8-6-5-7-11(12)9-15/h11-12H,3-10,15H2,1-2H3,(H,16,18). The molecular formula is C14H27N3O2. The highest BCUT2D eigenvalue weighted by atomic mass is 16.2. The van der Waals surface area contributed by atoms with Gasteiger partial charge in [0.15, 0.2) is 0 Å². The molecule has 0 aromatic carbocycles. The summed E-state index contributed by atoms with van der Waals surface area (Å²) in [6.07, 6.45) is 4.19. The number of nitrogens with zero attached hydrogens (tertiary/aromatic N) is 1. The lowest BCUT2D eigenvalue weighted by atomic mass is 9.78. The molecule has 1 aliphatic rings. The van der Waals surface area contributed by atoms with Crippen molar-refractivity contribution >= 4 is 11.8 Å². The summed E-state index contributed by atoms with van der Waals surface area (Å²) in [5, 5.41) is 2.74. The zero-order valence-corrected chi connectivity index (χ0v) is 12.2. The van der Waals surface area contributed by atoms with E-state index in [1.165, 1.54) is 0 Å². The van der Waals surface area contributed by atoms with Gasteiger partial charge < -0.3 is 16.0 Å². The van der Waals surface area contributed by atoms with E-state index in [9.17, 15) is 9.59 Å². The molecule has 0 heterocycles. The van der Waals surface area contributed by atoms with E-state index in [1.807, 2.05) is 13.8 Å². The van der Waals surface area contributed by atoms with E-state index in [1.54, 1.807) is 4.90 Å². The van der Waals surface area contributed by atoms with Crippen LogP contribution in [0.4, 0.5) is 0 Å². The van der Waals surface area contributed by atoms with E-state index in [-0.39, 0.29) is 30.2 Å². The van der Waals surface area contributed by atoms with E-state index in [0.29, 0.717) is 19.6 Å². The Morgan fingerprint density at radius 3 is 2.53 bits per heavy atom. The number of amides is 2. The maximum atomic E-state index is 12.5. The second kappa shape index (κ2) is 8.15. The van der Waals surface area contributed by atoms with Crippen molar-refractivity contribution in [2.45, 2.75) is 39.5 Å². The van der Waals surface area contributed by atoms with E-state index in [4.69, 9.17) is 5.73 Å². The van der Waals surface area contributed by atoms with Gasteiger partial charge in [-0.05, 0) is 39.2 Å². The summed E-state index contributed by atoms with van der Waals surface area (Å²) in [6.45, 7) is 5.69. The van der Waals surface area contributed by atoms with Crippen LogP contribution in [0.2, 0.25) is 0 Å². The highest BCUT2D eigenvalue weighted by molar-refractivity contribution is 5.86. The molecule has 5 heteroatoms. The van der Waals surface area contributed by atoms with Crippen LogP contribution in [0.15, 0.2) is 0 Å². The first-order chi connectivity index (χ1) is 9.13. The summed E-state index contributed by atoms with van der Waals surface area (Å²) in [7, 11) is 0. The molecule has 0 bridgehead atoms. The van der Waals surface area contributed by atoms with Crippen LogP contribution in [0, 0.1) is 11.8 Å². The Balaban J connectivity index is 2.63. The molecule has 0 spiro atoms. The Morgan fingerprint density at radius 1 is 1.26 bits per heavy atom. The van der Waals surface area contributed by atoms with Crippen LogP contribution in [-0.2, 0) is 9.59 Å². The molecule has 1 rings (SSSR count). The number of nitrogens with two attached hydrogens (primary N) is 1. The number of nitrogens with one attached hydrogen (secondary N) is 1. The Morgan fingerprint density at radius 2 is 1.95 bits per heavy atom. The maximum Gasteiger partial charge on any atom is 0.239 e. The fraction of sp³-hybridized carbons (Fsp3) is 0.857. The largest absolute Gasteiger partial charge is 0.355 e.